The van der Waals surface area contributed by atoms with Crippen molar-refractivity contribution in [2.24, 2.45) is 5.73 Å². The highest BCUT2D eigenvalue weighted by atomic mass is 35.5. The Hall–Kier alpha value is -1.99. The Balaban J connectivity index is 2.11. The number of nitrogens with one attached hydrogen (secondary N) is 1. The maximum Gasteiger partial charge on any atom is 0.255 e. The molecule has 0 bridgehead atoms. The summed E-state index contributed by atoms with van der Waals surface area (Å²) in [5, 5.41) is 22.6. The summed E-state index contributed by atoms with van der Waals surface area (Å²) in [5.41, 5.74) is 6.31. The van der Waals surface area contributed by atoms with E-state index in [4.69, 9.17) is 33.7 Å². The third-order valence-electron chi connectivity index (χ3n) is 4.12. The third kappa shape index (κ3) is 6.01. The number of hydrogen-bond donors (Lipinski definition) is 4. The maximum atomic E-state index is 12.6. The van der Waals surface area contributed by atoms with E-state index in [9.17, 15) is 15.0 Å². The largest absolute Gasteiger partial charge is 0.505 e. The van der Waals surface area contributed by atoms with Gasteiger partial charge in [0, 0.05) is 0 Å². The molecule has 0 heterocycles. The number of unbranched alkanes of at least 4 members (excludes halogenated alkanes) is 1. The van der Waals surface area contributed by atoms with Crippen molar-refractivity contribution in [2.45, 2.75) is 25.3 Å². The molecule has 28 heavy (non-hydrogen) atoms. The highest BCUT2D eigenvalue weighted by Gasteiger charge is 2.23. The van der Waals surface area contributed by atoms with Crippen LogP contribution in [0.1, 0.15) is 28.8 Å². The number of benzene rings is 2. The zero-order chi connectivity index (χ0) is 20.5. The van der Waals surface area contributed by atoms with Crippen LogP contribution in [-0.4, -0.2) is 41.9 Å². The number of amides is 1. The molecule has 2 aromatic carbocycles. The van der Waals surface area contributed by atoms with Crippen LogP contribution in [0.25, 0.3) is 0 Å². The molecule has 0 spiro atoms. The Morgan fingerprint density at radius 1 is 1.21 bits per heavy atom. The quantitative estimate of drug-likeness (QED) is 0.436. The van der Waals surface area contributed by atoms with Crippen LogP contribution in [0.2, 0.25) is 10.0 Å². The summed E-state index contributed by atoms with van der Waals surface area (Å²) in [6, 6.07) is 10.2. The lowest BCUT2D eigenvalue weighted by Crippen LogP contribution is -2.39. The monoisotopic (exact) mass is 426 g/mol. The van der Waals surface area contributed by atoms with Crippen molar-refractivity contribution in [3.05, 3.63) is 57.6 Å². The molecule has 0 aliphatic heterocycles. The molecule has 0 radical (unpaired) electrons. The first-order valence-corrected chi connectivity index (χ1v) is 9.73. The van der Waals surface area contributed by atoms with Gasteiger partial charge in [-0.1, -0.05) is 53.5 Å². The maximum absolute atomic E-state index is 12.6. The van der Waals surface area contributed by atoms with Crippen molar-refractivity contribution in [1.29, 1.82) is 0 Å². The van der Waals surface area contributed by atoms with Crippen LogP contribution in [0.15, 0.2) is 36.4 Å². The minimum atomic E-state index is -0.592. The SMILES string of the molecule is NCCCCOc1c(Cl)cc(C(=O)N[C@H](CO)Cc2ccccc2)c(O)c1Cl. The minimum absolute atomic E-state index is 0.0872. The Labute approximate surface area is 174 Å². The number of carbonyl (C=O) groups is 1. The van der Waals surface area contributed by atoms with Crippen molar-refractivity contribution in [2.75, 3.05) is 19.8 Å². The minimum Gasteiger partial charge on any atom is -0.505 e. The second kappa shape index (κ2) is 11.1. The predicted molar refractivity (Wildman–Crippen MR) is 110 cm³/mol. The topological polar surface area (TPSA) is 105 Å². The van der Waals surface area contributed by atoms with E-state index in [1.165, 1.54) is 6.07 Å². The molecule has 0 aliphatic carbocycles. The molecule has 6 nitrogen and oxygen atoms in total. The van der Waals surface area contributed by atoms with Gasteiger partial charge in [0.15, 0.2) is 11.5 Å². The fraction of sp³-hybridized carbons (Fsp3) is 0.350. The molecule has 0 aromatic heterocycles. The number of phenolic OH excluding ortho intramolecular Hbond substituents is 1. The standard InChI is InChI=1S/C20H24Cl2N2O4/c21-16-11-15(18(26)17(22)19(16)28-9-5-4-8-23)20(27)24-14(12-25)10-13-6-2-1-3-7-13/h1-3,6-7,11,14,25-26H,4-5,8-10,12,23H2,(H,24,27)/t14-/m0/s1. The molecule has 1 amide bonds. The molecule has 0 fully saturated rings. The Bertz CT molecular complexity index is 788. The lowest BCUT2D eigenvalue weighted by atomic mass is 10.1. The van der Waals surface area contributed by atoms with E-state index >= 15 is 0 Å². The first kappa shape index (κ1) is 22.3. The molecule has 0 saturated carbocycles. The molecule has 152 valence electrons. The van der Waals surface area contributed by atoms with E-state index in [0.29, 0.717) is 26.0 Å². The van der Waals surface area contributed by atoms with Gasteiger partial charge in [0.2, 0.25) is 0 Å². The first-order chi connectivity index (χ1) is 13.5. The molecular formula is C20H24Cl2N2O4. The van der Waals surface area contributed by atoms with Gasteiger partial charge in [-0.3, -0.25) is 4.79 Å². The number of rotatable bonds is 10. The van der Waals surface area contributed by atoms with Gasteiger partial charge in [-0.2, -0.15) is 0 Å². The number of nitrogens with two attached hydrogens (primary N) is 1. The lowest BCUT2D eigenvalue weighted by Gasteiger charge is -2.18. The molecule has 2 aromatic rings. The van der Waals surface area contributed by atoms with Gasteiger partial charge < -0.3 is 26.0 Å². The van der Waals surface area contributed by atoms with Crippen LogP contribution in [0.5, 0.6) is 11.5 Å². The molecule has 0 saturated heterocycles. The van der Waals surface area contributed by atoms with E-state index in [2.05, 4.69) is 5.32 Å². The number of carbonyl (C=O) groups excluding carboxylic acids is 1. The van der Waals surface area contributed by atoms with Gasteiger partial charge in [0.05, 0.1) is 29.8 Å². The van der Waals surface area contributed by atoms with E-state index in [0.717, 1.165) is 12.0 Å². The van der Waals surface area contributed by atoms with Crippen molar-refractivity contribution in [1.82, 2.24) is 5.32 Å². The summed E-state index contributed by atoms with van der Waals surface area (Å²) in [5.74, 6) is -0.892. The number of aliphatic hydroxyl groups is 1. The number of aromatic hydroxyl groups is 1. The van der Waals surface area contributed by atoms with E-state index < -0.39 is 17.7 Å². The zero-order valence-corrected chi connectivity index (χ0v) is 16.8. The van der Waals surface area contributed by atoms with Gasteiger partial charge >= 0.3 is 0 Å². The fourth-order valence-corrected chi connectivity index (χ4v) is 3.20. The highest BCUT2D eigenvalue weighted by molar-refractivity contribution is 6.39. The molecule has 0 aliphatic rings. The summed E-state index contributed by atoms with van der Waals surface area (Å²) < 4.78 is 5.52. The van der Waals surface area contributed by atoms with Crippen molar-refractivity contribution in [3.8, 4) is 11.5 Å². The first-order valence-electron chi connectivity index (χ1n) is 8.97. The van der Waals surface area contributed by atoms with Gasteiger partial charge in [0.1, 0.15) is 5.02 Å². The van der Waals surface area contributed by atoms with Crippen LogP contribution in [-0.2, 0) is 6.42 Å². The second-order valence-electron chi connectivity index (χ2n) is 6.28. The second-order valence-corrected chi connectivity index (χ2v) is 7.07. The average Bonchev–Trinajstić information content (AvgIpc) is 2.70. The average molecular weight is 427 g/mol. The predicted octanol–water partition coefficient (Wildman–Crippen LogP) is 3.15. The number of ether oxygens (including phenoxy) is 1. The van der Waals surface area contributed by atoms with E-state index in [1.807, 2.05) is 30.3 Å². The van der Waals surface area contributed by atoms with Crippen LogP contribution < -0.4 is 15.8 Å². The summed E-state index contributed by atoms with van der Waals surface area (Å²) in [4.78, 5) is 12.6. The lowest BCUT2D eigenvalue weighted by molar-refractivity contribution is 0.0913. The normalized spacial score (nSPS) is 11.9. The van der Waals surface area contributed by atoms with Gasteiger partial charge in [0.25, 0.3) is 5.91 Å². The van der Waals surface area contributed by atoms with Gasteiger partial charge in [-0.05, 0) is 37.4 Å². The summed E-state index contributed by atoms with van der Waals surface area (Å²) in [6.07, 6.45) is 1.93. The number of halogens is 2. The highest BCUT2D eigenvalue weighted by Crippen LogP contribution is 2.42. The summed E-state index contributed by atoms with van der Waals surface area (Å²) in [6.45, 7) is 0.626. The number of hydrogen-bond acceptors (Lipinski definition) is 5. The molecule has 0 unspecified atom stereocenters. The Kier molecular flexibility index (Phi) is 8.86. The summed E-state index contributed by atoms with van der Waals surface area (Å²) in [7, 11) is 0. The van der Waals surface area contributed by atoms with E-state index in [1.54, 1.807) is 0 Å². The van der Waals surface area contributed by atoms with E-state index in [-0.39, 0.29) is 28.0 Å². The van der Waals surface area contributed by atoms with Crippen LogP contribution in [0.3, 0.4) is 0 Å². The van der Waals surface area contributed by atoms with Crippen molar-refractivity contribution in [3.63, 3.8) is 0 Å². The summed E-state index contributed by atoms with van der Waals surface area (Å²) >= 11 is 12.3. The van der Waals surface area contributed by atoms with Crippen LogP contribution >= 0.6 is 23.2 Å². The van der Waals surface area contributed by atoms with Crippen molar-refractivity contribution >= 4 is 29.1 Å². The Morgan fingerprint density at radius 2 is 1.93 bits per heavy atom. The van der Waals surface area contributed by atoms with Crippen LogP contribution in [0, 0.1) is 0 Å². The van der Waals surface area contributed by atoms with Crippen LogP contribution in [0.4, 0.5) is 0 Å². The molecule has 1 atom stereocenters. The smallest absolute Gasteiger partial charge is 0.255 e. The number of phenols is 1. The third-order valence-corrected chi connectivity index (χ3v) is 4.75. The Morgan fingerprint density at radius 3 is 2.57 bits per heavy atom. The fourth-order valence-electron chi connectivity index (χ4n) is 2.64. The molecular weight excluding hydrogens is 403 g/mol. The molecule has 2 rings (SSSR count). The van der Waals surface area contributed by atoms with Gasteiger partial charge in [-0.15, -0.1) is 0 Å². The van der Waals surface area contributed by atoms with Gasteiger partial charge in [-0.25, -0.2) is 0 Å². The zero-order valence-electron chi connectivity index (χ0n) is 15.3. The van der Waals surface area contributed by atoms with Crippen molar-refractivity contribution < 1.29 is 19.7 Å². The molecule has 5 N–H and O–H groups in total. The number of aliphatic hydroxyl groups excluding tert-OH is 1. The molecule has 8 heteroatoms.